The van der Waals surface area contributed by atoms with Crippen LogP contribution in [0.1, 0.15) is 16.1 Å². The first-order valence-corrected chi connectivity index (χ1v) is 6.39. The average molecular weight is 285 g/mol. The minimum Gasteiger partial charge on any atom is -0.478 e. The number of para-hydroxylation sites is 1. The van der Waals surface area contributed by atoms with Gasteiger partial charge < -0.3 is 15.7 Å². The maximum Gasteiger partial charge on any atom is 0.335 e. The van der Waals surface area contributed by atoms with Gasteiger partial charge >= 0.3 is 5.97 Å². The van der Waals surface area contributed by atoms with Crippen LogP contribution in [0.3, 0.4) is 0 Å². The lowest BCUT2D eigenvalue weighted by Gasteiger charge is -2.07. The van der Waals surface area contributed by atoms with E-state index >= 15 is 0 Å². The molecule has 21 heavy (non-hydrogen) atoms. The topological polar surface area (TPSA) is 91.3 Å². The van der Waals surface area contributed by atoms with Crippen LogP contribution in [0.25, 0.3) is 0 Å². The normalized spacial score (nSPS) is 9.90. The lowest BCUT2D eigenvalue weighted by atomic mass is 10.2. The Morgan fingerprint density at radius 3 is 2.62 bits per heavy atom. The summed E-state index contributed by atoms with van der Waals surface area (Å²) >= 11 is 0. The van der Waals surface area contributed by atoms with Crippen LogP contribution in [0.15, 0.2) is 48.7 Å². The molecule has 1 amide bonds. The maximum atomic E-state index is 11.7. The largest absolute Gasteiger partial charge is 0.478 e. The molecule has 3 N–H and O–H groups in total. The van der Waals surface area contributed by atoms with E-state index in [1.165, 1.54) is 18.3 Å². The summed E-state index contributed by atoms with van der Waals surface area (Å²) in [5, 5.41) is 14.5. The van der Waals surface area contributed by atoms with E-state index in [-0.39, 0.29) is 24.6 Å². The Kier molecular flexibility index (Phi) is 4.87. The first kappa shape index (κ1) is 14.5. The van der Waals surface area contributed by atoms with E-state index in [4.69, 9.17) is 5.11 Å². The van der Waals surface area contributed by atoms with Gasteiger partial charge in [0.15, 0.2) is 0 Å². The van der Waals surface area contributed by atoms with Gasteiger partial charge in [0.2, 0.25) is 5.91 Å². The maximum absolute atomic E-state index is 11.7. The van der Waals surface area contributed by atoms with E-state index in [0.717, 1.165) is 5.69 Å². The number of anilines is 1. The molecule has 0 aliphatic heterocycles. The molecule has 2 rings (SSSR count). The molecule has 0 saturated heterocycles. The highest BCUT2D eigenvalue weighted by atomic mass is 16.4. The molecule has 2 aromatic rings. The molecule has 0 spiro atoms. The number of carbonyl (C=O) groups is 2. The van der Waals surface area contributed by atoms with Gasteiger partial charge in [0.1, 0.15) is 0 Å². The number of rotatable bonds is 6. The Balaban J connectivity index is 1.81. The fourth-order valence-corrected chi connectivity index (χ4v) is 1.70. The zero-order valence-corrected chi connectivity index (χ0v) is 11.2. The van der Waals surface area contributed by atoms with Crippen LogP contribution in [0.5, 0.6) is 0 Å². The van der Waals surface area contributed by atoms with Crippen LogP contribution in [0.2, 0.25) is 0 Å². The van der Waals surface area contributed by atoms with Crippen molar-refractivity contribution in [2.45, 2.75) is 6.54 Å². The number of benzene rings is 1. The second kappa shape index (κ2) is 7.04. The Hall–Kier alpha value is -2.89. The van der Waals surface area contributed by atoms with E-state index in [9.17, 15) is 9.59 Å². The van der Waals surface area contributed by atoms with Crippen molar-refractivity contribution in [1.29, 1.82) is 0 Å². The van der Waals surface area contributed by atoms with Crippen LogP contribution in [0, 0.1) is 0 Å². The van der Waals surface area contributed by atoms with Gasteiger partial charge in [-0.2, -0.15) is 0 Å². The van der Waals surface area contributed by atoms with E-state index in [0.29, 0.717) is 5.69 Å². The van der Waals surface area contributed by atoms with Gasteiger partial charge in [-0.3, -0.25) is 9.78 Å². The van der Waals surface area contributed by atoms with Gasteiger partial charge in [-0.1, -0.05) is 18.2 Å². The Morgan fingerprint density at radius 1 is 1.14 bits per heavy atom. The van der Waals surface area contributed by atoms with Crippen molar-refractivity contribution in [3.05, 3.63) is 59.9 Å². The highest BCUT2D eigenvalue weighted by Crippen LogP contribution is 2.04. The van der Waals surface area contributed by atoms with Gasteiger partial charge in [0.25, 0.3) is 0 Å². The van der Waals surface area contributed by atoms with Gasteiger partial charge in [0, 0.05) is 11.9 Å². The van der Waals surface area contributed by atoms with Crippen molar-refractivity contribution in [2.24, 2.45) is 0 Å². The minimum atomic E-state index is -1.02. The van der Waals surface area contributed by atoms with Crippen LogP contribution < -0.4 is 10.6 Å². The zero-order chi connectivity index (χ0) is 15.1. The lowest BCUT2D eigenvalue weighted by molar-refractivity contribution is -0.119. The van der Waals surface area contributed by atoms with Gasteiger partial charge in [-0.05, 0) is 24.3 Å². The third-order valence-electron chi connectivity index (χ3n) is 2.76. The van der Waals surface area contributed by atoms with Crippen LogP contribution >= 0.6 is 0 Å². The highest BCUT2D eigenvalue weighted by Gasteiger charge is 2.06. The van der Waals surface area contributed by atoms with Crippen molar-refractivity contribution in [3.63, 3.8) is 0 Å². The molecule has 1 aromatic carbocycles. The summed E-state index contributed by atoms with van der Waals surface area (Å²) in [5.41, 5.74) is 1.51. The molecule has 0 aliphatic rings. The third-order valence-corrected chi connectivity index (χ3v) is 2.76. The number of hydrogen-bond donors (Lipinski definition) is 3. The van der Waals surface area contributed by atoms with Crippen LogP contribution in [0.4, 0.5) is 5.69 Å². The number of pyridine rings is 1. The van der Waals surface area contributed by atoms with E-state index in [1.807, 2.05) is 30.3 Å². The number of nitrogens with zero attached hydrogens (tertiary/aromatic N) is 1. The molecule has 0 aliphatic carbocycles. The molecule has 108 valence electrons. The lowest BCUT2D eigenvalue weighted by Crippen LogP contribution is -2.29. The summed E-state index contributed by atoms with van der Waals surface area (Å²) in [4.78, 5) is 26.5. The first-order valence-electron chi connectivity index (χ1n) is 6.39. The van der Waals surface area contributed by atoms with Crippen molar-refractivity contribution >= 4 is 17.6 Å². The average Bonchev–Trinajstić information content (AvgIpc) is 2.52. The number of carboxylic acids is 1. The Morgan fingerprint density at radius 2 is 1.90 bits per heavy atom. The molecular weight excluding hydrogens is 270 g/mol. The molecule has 6 heteroatoms. The number of aromatic nitrogens is 1. The second-order valence-corrected chi connectivity index (χ2v) is 4.34. The van der Waals surface area contributed by atoms with Crippen molar-refractivity contribution in [2.75, 3.05) is 11.9 Å². The summed E-state index contributed by atoms with van der Waals surface area (Å²) in [6.07, 6.45) is 1.41. The smallest absolute Gasteiger partial charge is 0.335 e. The quantitative estimate of drug-likeness (QED) is 0.748. The van der Waals surface area contributed by atoms with Crippen molar-refractivity contribution in [1.82, 2.24) is 10.3 Å². The summed E-state index contributed by atoms with van der Waals surface area (Å²) in [6, 6.07) is 12.2. The molecular formula is C15H15N3O3. The molecule has 1 heterocycles. The van der Waals surface area contributed by atoms with Crippen LogP contribution in [-0.4, -0.2) is 28.5 Å². The summed E-state index contributed by atoms with van der Waals surface area (Å²) < 4.78 is 0. The molecule has 0 fully saturated rings. The minimum absolute atomic E-state index is 0.142. The molecule has 6 nitrogen and oxygen atoms in total. The fourth-order valence-electron chi connectivity index (χ4n) is 1.70. The van der Waals surface area contributed by atoms with Crippen molar-refractivity contribution < 1.29 is 14.7 Å². The fraction of sp³-hybridized carbons (Fsp3) is 0.133. The molecule has 1 aromatic heterocycles. The number of aromatic carboxylic acids is 1. The molecule has 0 atom stereocenters. The summed E-state index contributed by atoms with van der Waals surface area (Å²) in [5.74, 6) is -1.21. The predicted molar refractivity (Wildman–Crippen MR) is 78.0 cm³/mol. The van der Waals surface area contributed by atoms with Crippen LogP contribution in [-0.2, 0) is 11.3 Å². The van der Waals surface area contributed by atoms with E-state index in [2.05, 4.69) is 15.6 Å². The Labute approximate surface area is 121 Å². The first-order chi connectivity index (χ1) is 10.1. The standard InChI is InChI=1S/C15H15N3O3/c19-14(10-17-12-4-2-1-3-5-12)18-9-13-8-11(15(20)21)6-7-16-13/h1-8,17H,9-10H2,(H,18,19)(H,20,21). The Bertz CT molecular complexity index is 629. The van der Waals surface area contributed by atoms with E-state index in [1.54, 1.807) is 0 Å². The molecule has 0 saturated carbocycles. The van der Waals surface area contributed by atoms with Crippen molar-refractivity contribution in [3.8, 4) is 0 Å². The van der Waals surface area contributed by atoms with Gasteiger partial charge in [-0.25, -0.2) is 4.79 Å². The summed E-state index contributed by atoms with van der Waals surface area (Å²) in [7, 11) is 0. The van der Waals surface area contributed by atoms with Gasteiger partial charge in [0.05, 0.1) is 24.3 Å². The number of carboxylic acid groups (broad SMARTS) is 1. The monoisotopic (exact) mass is 285 g/mol. The predicted octanol–water partition coefficient (Wildman–Crippen LogP) is 1.51. The third kappa shape index (κ3) is 4.61. The number of hydrogen-bond acceptors (Lipinski definition) is 4. The summed E-state index contributed by atoms with van der Waals surface area (Å²) in [6.45, 7) is 0.332. The second-order valence-electron chi connectivity index (χ2n) is 4.34. The van der Waals surface area contributed by atoms with E-state index < -0.39 is 5.97 Å². The number of carbonyl (C=O) groups excluding carboxylic acids is 1. The molecule has 0 unspecified atom stereocenters. The van der Waals surface area contributed by atoms with Gasteiger partial charge in [-0.15, -0.1) is 0 Å². The highest BCUT2D eigenvalue weighted by molar-refractivity contribution is 5.87. The number of nitrogens with one attached hydrogen (secondary N) is 2. The number of amides is 1. The molecule has 0 bridgehead atoms. The molecule has 0 radical (unpaired) electrons. The SMILES string of the molecule is O=C(CNc1ccccc1)NCc1cc(C(=O)O)ccn1. The zero-order valence-electron chi connectivity index (χ0n) is 11.2.